The van der Waals surface area contributed by atoms with Gasteiger partial charge in [-0.05, 0) is 33.6 Å². The highest BCUT2D eigenvalue weighted by Crippen LogP contribution is 2.09. The third-order valence-electron chi connectivity index (χ3n) is 2.83. The maximum Gasteiger partial charge on any atom is 0.307 e. The molecule has 0 radical (unpaired) electrons. The first-order chi connectivity index (χ1) is 10.8. The number of hydrogen-bond donors (Lipinski definition) is 0. The predicted molar refractivity (Wildman–Crippen MR) is 88.0 cm³/mol. The van der Waals surface area contributed by atoms with Crippen LogP contribution in [0.2, 0.25) is 0 Å². The molecule has 0 spiro atoms. The molecule has 0 aromatic carbocycles. The van der Waals surface area contributed by atoms with Crippen LogP contribution in [0.5, 0.6) is 0 Å². The summed E-state index contributed by atoms with van der Waals surface area (Å²) in [4.78, 5) is 23.0. The zero-order valence-electron chi connectivity index (χ0n) is 14.1. The molecule has 0 heterocycles. The zero-order chi connectivity index (χ0) is 17.8. The first kappa shape index (κ1) is 22.2. The predicted octanol–water partition coefficient (Wildman–Crippen LogP) is 1.79. The molecule has 0 bridgehead atoms. The molecule has 7 nitrogen and oxygen atoms in total. The summed E-state index contributed by atoms with van der Waals surface area (Å²) in [5, 5.41) is 0. The molecule has 0 aromatic rings. The Labute approximate surface area is 142 Å². The molecule has 4 unspecified atom stereocenters. The minimum atomic E-state index is -1.64. The van der Waals surface area contributed by atoms with E-state index in [9.17, 15) is 18.0 Å². The number of rotatable bonds is 12. The van der Waals surface area contributed by atoms with Crippen LogP contribution < -0.4 is 0 Å². The SMILES string of the molecule is CCOS(=O)C(C)OC(=O)CCCCCC(=O)OC(C)S(C)=O. The molecule has 0 aromatic heterocycles. The molecule has 136 valence electrons. The van der Waals surface area contributed by atoms with Crippen molar-refractivity contribution >= 4 is 33.8 Å². The second kappa shape index (κ2) is 12.6. The van der Waals surface area contributed by atoms with E-state index < -0.39 is 44.7 Å². The van der Waals surface area contributed by atoms with E-state index in [1.54, 1.807) is 13.8 Å². The van der Waals surface area contributed by atoms with Crippen molar-refractivity contribution in [2.24, 2.45) is 0 Å². The van der Waals surface area contributed by atoms with Crippen molar-refractivity contribution in [3.63, 3.8) is 0 Å². The van der Waals surface area contributed by atoms with Gasteiger partial charge in [0.05, 0.1) is 17.4 Å². The monoisotopic (exact) mass is 370 g/mol. The quantitative estimate of drug-likeness (QED) is 0.382. The normalized spacial score (nSPS) is 16.2. The fourth-order valence-corrected chi connectivity index (χ4v) is 2.38. The largest absolute Gasteiger partial charge is 0.449 e. The van der Waals surface area contributed by atoms with Crippen molar-refractivity contribution in [2.45, 2.75) is 63.7 Å². The van der Waals surface area contributed by atoms with Crippen LogP contribution in [0, 0.1) is 0 Å². The van der Waals surface area contributed by atoms with Crippen molar-refractivity contribution < 1.29 is 31.7 Å². The standard InChI is InChI=1S/C14H26O7S2/c1-5-19-23(18)12(3)21-14(16)10-8-6-7-9-13(15)20-11(2)22(4)17/h11-12H,5-10H2,1-4H3. The van der Waals surface area contributed by atoms with E-state index in [0.29, 0.717) is 19.3 Å². The minimum Gasteiger partial charge on any atom is -0.449 e. The van der Waals surface area contributed by atoms with Gasteiger partial charge in [-0.2, -0.15) is 0 Å². The van der Waals surface area contributed by atoms with Crippen LogP contribution >= 0.6 is 0 Å². The fourth-order valence-electron chi connectivity index (χ4n) is 1.52. The van der Waals surface area contributed by atoms with Gasteiger partial charge in [-0.25, -0.2) is 4.21 Å². The number of carbonyl (C=O) groups is 2. The van der Waals surface area contributed by atoms with Gasteiger partial charge >= 0.3 is 11.9 Å². The van der Waals surface area contributed by atoms with Crippen LogP contribution in [0.15, 0.2) is 0 Å². The average molecular weight is 370 g/mol. The van der Waals surface area contributed by atoms with E-state index in [1.807, 2.05) is 0 Å². The van der Waals surface area contributed by atoms with Gasteiger partial charge in [0.1, 0.15) is 0 Å². The maximum atomic E-state index is 11.5. The highest BCUT2D eigenvalue weighted by atomic mass is 32.2. The van der Waals surface area contributed by atoms with Gasteiger partial charge < -0.3 is 9.47 Å². The Balaban J connectivity index is 3.75. The maximum absolute atomic E-state index is 11.5. The van der Waals surface area contributed by atoms with Crippen molar-refractivity contribution in [2.75, 3.05) is 12.9 Å². The van der Waals surface area contributed by atoms with Crippen LogP contribution in [0.4, 0.5) is 0 Å². The summed E-state index contributed by atoms with van der Waals surface area (Å²) >= 11 is -1.64. The average Bonchev–Trinajstić information content (AvgIpc) is 2.46. The summed E-state index contributed by atoms with van der Waals surface area (Å²) in [7, 11) is -1.20. The van der Waals surface area contributed by atoms with Gasteiger partial charge in [-0.15, -0.1) is 0 Å². The molecule has 0 N–H and O–H groups in total. The van der Waals surface area contributed by atoms with Gasteiger partial charge in [0.2, 0.25) is 0 Å². The summed E-state index contributed by atoms with van der Waals surface area (Å²) in [5.74, 6) is -0.834. The van der Waals surface area contributed by atoms with Crippen molar-refractivity contribution in [1.82, 2.24) is 0 Å². The van der Waals surface area contributed by atoms with Crippen molar-refractivity contribution in [1.29, 1.82) is 0 Å². The van der Waals surface area contributed by atoms with Gasteiger partial charge in [-0.1, -0.05) is 6.42 Å². The number of esters is 2. The molecule has 0 amide bonds. The second-order valence-electron chi connectivity index (χ2n) is 4.84. The summed E-state index contributed by atoms with van der Waals surface area (Å²) in [6.07, 6.45) is 3.70. The third-order valence-corrected chi connectivity index (χ3v) is 4.97. The Morgan fingerprint density at radius 1 is 0.913 bits per heavy atom. The summed E-state index contributed by atoms with van der Waals surface area (Å²) in [6, 6.07) is 0. The van der Waals surface area contributed by atoms with E-state index >= 15 is 0 Å². The highest BCUT2D eigenvalue weighted by Gasteiger charge is 2.16. The Kier molecular flexibility index (Phi) is 12.2. The molecular formula is C14H26O7S2. The molecule has 23 heavy (non-hydrogen) atoms. The molecule has 0 aliphatic carbocycles. The molecular weight excluding hydrogens is 344 g/mol. The molecule has 0 saturated heterocycles. The lowest BCUT2D eigenvalue weighted by atomic mass is 10.1. The van der Waals surface area contributed by atoms with E-state index in [0.717, 1.165) is 0 Å². The molecule has 0 aliphatic rings. The number of unbranched alkanes of at least 4 members (excludes halogenated alkanes) is 2. The lowest BCUT2D eigenvalue weighted by molar-refractivity contribution is -0.145. The van der Waals surface area contributed by atoms with Crippen molar-refractivity contribution in [3.05, 3.63) is 0 Å². The smallest absolute Gasteiger partial charge is 0.307 e. The van der Waals surface area contributed by atoms with E-state index in [4.69, 9.17) is 13.7 Å². The summed E-state index contributed by atoms with van der Waals surface area (Å²) < 4.78 is 37.3. The topological polar surface area (TPSA) is 96.0 Å². The van der Waals surface area contributed by atoms with Crippen LogP contribution in [0.3, 0.4) is 0 Å². The number of hydrogen-bond acceptors (Lipinski definition) is 7. The molecule has 4 atom stereocenters. The Morgan fingerprint density at radius 2 is 1.39 bits per heavy atom. The Morgan fingerprint density at radius 3 is 1.83 bits per heavy atom. The zero-order valence-corrected chi connectivity index (χ0v) is 15.7. The van der Waals surface area contributed by atoms with Crippen molar-refractivity contribution in [3.8, 4) is 0 Å². The summed E-state index contributed by atoms with van der Waals surface area (Å²) in [5.41, 5.74) is -1.40. The van der Waals surface area contributed by atoms with E-state index in [1.165, 1.54) is 13.2 Å². The van der Waals surface area contributed by atoms with Crippen LogP contribution in [0.1, 0.15) is 52.9 Å². The molecule has 0 saturated carbocycles. The Hall–Kier alpha value is -0.800. The number of carbonyl (C=O) groups excluding carboxylic acids is 2. The molecule has 0 rings (SSSR count). The van der Waals surface area contributed by atoms with Gasteiger partial charge in [0.25, 0.3) is 0 Å². The summed E-state index contributed by atoms with van der Waals surface area (Å²) in [6.45, 7) is 5.08. The highest BCUT2D eigenvalue weighted by molar-refractivity contribution is 7.84. The third kappa shape index (κ3) is 11.4. The van der Waals surface area contributed by atoms with Gasteiger partial charge in [0, 0.05) is 19.1 Å². The molecule has 9 heteroatoms. The van der Waals surface area contributed by atoms with E-state index in [-0.39, 0.29) is 19.4 Å². The number of ether oxygens (including phenoxy) is 2. The minimum absolute atomic E-state index is 0.193. The first-order valence-corrected chi connectivity index (χ1v) is 10.3. The first-order valence-electron chi connectivity index (χ1n) is 7.53. The molecule has 0 fully saturated rings. The van der Waals surface area contributed by atoms with Gasteiger partial charge in [0.15, 0.2) is 22.0 Å². The van der Waals surface area contributed by atoms with Crippen LogP contribution in [0.25, 0.3) is 0 Å². The Bertz CT molecular complexity index is 425. The van der Waals surface area contributed by atoms with E-state index in [2.05, 4.69) is 0 Å². The lowest BCUT2D eigenvalue weighted by Gasteiger charge is -2.12. The van der Waals surface area contributed by atoms with Crippen LogP contribution in [-0.4, -0.2) is 44.1 Å². The van der Waals surface area contributed by atoms with Gasteiger partial charge in [-0.3, -0.25) is 18.0 Å². The second-order valence-corrected chi connectivity index (χ2v) is 7.92. The fraction of sp³-hybridized carbons (Fsp3) is 0.857. The lowest BCUT2D eigenvalue weighted by Crippen LogP contribution is -2.21. The molecule has 0 aliphatic heterocycles. The van der Waals surface area contributed by atoms with Crippen LogP contribution in [-0.2, 0) is 45.1 Å².